The largest absolute Gasteiger partial charge is 0.325 e. The third-order valence-electron chi connectivity index (χ3n) is 3.33. The van der Waals surface area contributed by atoms with Crippen molar-refractivity contribution in [1.82, 2.24) is 0 Å². The SMILES string of the molecule is CS(=O)(=O)c1ccccc1NC(=O)CCS(=O)(=O)c1ccc(F)cc1. The van der Waals surface area contributed by atoms with Gasteiger partial charge in [-0.25, -0.2) is 21.2 Å². The monoisotopic (exact) mass is 385 g/mol. The Balaban J connectivity index is 2.08. The Morgan fingerprint density at radius 3 is 2.20 bits per heavy atom. The van der Waals surface area contributed by atoms with Crippen molar-refractivity contribution in [3.63, 3.8) is 0 Å². The summed E-state index contributed by atoms with van der Waals surface area (Å²) in [5.74, 6) is -1.68. The Hall–Kier alpha value is -2.26. The number of carbonyl (C=O) groups is 1. The van der Waals surface area contributed by atoms with Crippen molar-refractivity contribution < 1.29 is 26.0 Å². The van der Waals surface area contributed by atoms with E-state index in [1.54, 1.807) is 6.07 Å². The van der Waals surface area contributed by atoms with Crippen LogP contribution >= 0.6 is 0 Å². The van der Waals surface area contributed by atoms with Crippen LogP contribution in [0.4, 0.5) is 10.1 Å². The third kappa shape index (κ3) is 5.10. The van der Waals surface area contributed by atoms with Gasteiger partial charge in [0.25, 0.3) is 0 Å². The van der Waals surface area contributed by atoms with Crippen LogP contribution in [0, 0.1) is 5.82 Å². The van der Waals surface area contributed by atoms with Gasteiger partial charge in [0.1, 0.15) is 5.82 Å². The minimum Gasteiger partial charge on any atom is -0.325 e. The van der Waals surface area contributed by atoms with Gasteiger partial charge in [-0.15, -0.1) is 0 Å². The summed E-state index contributed by atoms with van der Waals surface area (Å²) in [6.07, 6.45) is 0.648. The molecule has 0 aliphatic rings. The highest BCUT2D eigenvalue weighted by Gasteiger charge is 2.18. The molecule has 0 spiro atoms. The van der Waals surface area contributed by atoms with Crippen LogP contribution in [-0.2, 0) is 24.5 Å². The first kappa shape index (κ1) is 19.1. The lowest BCUT2D eigenvalue weighted by Crippen LogP contribution is -2.18. The number of para-hydroxylation sites is 1. The predicted octanol–water partition coefficient (Wildman–Crippen LogP) is 2.03. The summed E-state index contributed by atoms with van der Waals surface area (Å²) < 4.78 is 60.5. The standard InChI is InChI=1S/C16H16FNO5S2/c1-24(20,21)15-5-3-2-4-14(15)18-16(19)10-11-25(22,23)13-8-6-12(17)7-9-13/h2-9H,10-11H2,1H3,(H,18,19). The molecular formula is C16H16FNO5S2. The molecule has 9 heteroatoms. The molecular weight excluding hydrogens is 369 g/mol. The summed E-state index contributed by atoms with van der Waals surface area (Å²) in [5, 5.41) is 2.41. The summed E-state index contributed by atoms with van der Waals surface area (Å²) in [4.78, 5) is 11.9. The quantitative estimate of drug-likeness (QED) is 0.768. The number of rotatable bonds is 6. The Bertz CT molecular complexity index is 983. The second kappa shape index (κ2) is 7.32. The third-order valence-corrected chi connectivity index (χ3v) is 6.22. The lowest BCUT2D eigenvalue weighted by atomic mass is 10.3. The van der Waals surface area contributed by atoms with E-state index in [9.17, 15) is 26.0 Å². The van der Waals surface area contributed by atoms with Crippen LogP contribution < -0.4 is 5.32 Å². The zero-order chi connectivity index (χ0) is 18.7. The summed E-state index contributed by atoms with van der Waals surface area (Å²) >= 11 is 0. The van der Waals surface area contributed by atoms with Crippen molar-refractivity contribution in [2.75, 3.05) is 17.3 Å². The van der Waals surface area contributed by atoms with Crippen LogP contribution in [0.5, 0.6) is 0 Å². The van der Waals surface area contributed by atoms with Gasteiger partial charge >= 0.3 is 0 Å². The Morgan fingerprint density at radius 2 is 1.60 bits per heavy atom. The number of halogens is 1. The molecule has 0 saturated heterocycles. The van der Waals surface area contributed by atoms with Crippen molar-refractivity contribution >= 4 is 31.3 Å². The lowest BCUT2D eigenvalue weighted by molar-refractivity contribution is -0.115. The molecule has 0 bridgehead atoms. The average molecular weight is 385 g/mol. The second-order valence-electron chi connectivity index (χ2n) is 5.34. The first-order valence-corrected chi connectivity index (χ1v) is 10.7. The molecule has 0 aromatic heterocycles. The molecule has 0 unspecified atom stereocenters. The van der Waals surface area contributed by atoms with E-state index in [1.807, 2.05) is 0 Å². The van der Waals surface area contributed by atoms with Crippen LogP contribution in [0.2, 0.25) is 0 Å². The van der Waals surface area contributed by atoms with E-state index in [2.05, 4.69) is 5.32 Å². The molecule has 0 saturated carbocycles. The molecule has 25 heavy (non-hydrogen) atoms. The van der Waals surface area contributed by atoms with Gasteiger partial charge in [0, 0.05) is 12.7 Å². The van der Waals surface area contributed by atoms with Gasteiger partial charge in [-0.1, -0.05) is 12.1 Å². The molecule has 0 heterocycles. The van der Waals surface area contributed by atoms with Crippen molar-refractivity contribution in [1.29, 1.82) is 0 Å². The first-order valence-electron chi connectivity index (χ1n) is 7.17. The molecule has 134 valence electrons. The Kier molecular flexibility index (Phi) is 5.58. The average Bonchev–Trinajstić information content (AvgIpc) is 2.53. The number of benzene rings is 2. The Labute approximate surface area is 145 Å². The van der Waals surface area contributed by atoms with Crippen molar-refractivity contribution in [3.05, 3.63) is 54.3 Å². The predicted molar refractivity (Wildman–Crippen MR) is 91.3 cm³/mol. The zero-order valence-corrected chi connectivity index (χ0v) is 14.9. The molecule has 0 radical (unpaired) electrons. The number of hydrogen-bond donors (Lipinski definition) is 1. The number of anilines is 1. The van der Waals surface area contributed by atoms with Gasteiger partial charge in [0.2, 0.25) is 5.91 Å². The first-order chi connectivity index (χ1) is 11.6. The molecule has 0 atom stereocenters. The van der Waals surface area contributed by atoms with Crippen molar-refractivity contribution in [2.24, 2.45) is 0 Å². The van der Waals surface area contributed by atoms with Crippen molar-refractivity contribution in [2.45, 2.75) is 16.2 Å². The van der Waals surface area contributed by atoms with E-state index in [0.717, 1.165) is 30.5 Å². The number of nitrogens with one attached hydrogen (secondary N) is 1. The van der Waals surface area contributed by atoms with E-state index in [0.29, 0.717) is 0 Å². The highest BCUT2D eigenvalue weighted by Crippen LogP contribution is 2.21. The van der Waals surface area contributed by atoms with Crippen LogP contribution in [0.1, 0.15) is 6.42 Å². The summed E-state index contributed by atoms with van der Waals surface area (Å²) in [5.41, 5.74) is 0.0918. The Morgan fingerprint density at radius 1 is 1.00 bits per heavy atom. The topological polar surface area (TPSA) is 97.4 Å². The number of amides is 1. The maximum atomic E-state index is 12.9. The fourth-order valence-corrected chi connectivity index (χ4v) is 4.18. The molecule has 0 aliphatic heterocycles. The normalized spacial score (nSPS) is 11.9. The molecule has 0 aliphatic carbocycles. The minimum atomic E-state index is -3.75. The fourth-order valence-electron chi connectivity index (χ4n) is 2.09. The highest BCUT2D eigenvalue weighted by atomic mass is 32.2. The highest BCUT2D eigenvalue weighted by molar-refractivity contribution is 7.91. The van der Waals surface area contributed by atoms with Gasteiger partial charge in [-0.05, 0) is 36.4 Å². The van der Waals surface area contributed by atoms with Crippen LogP contribution in [0.3, 0.4) is 0 Å². The number of hydrogen-bond acceptors (Lipinski definition) is 5. The van der Waals surface area contributed by atoms with E-state index in [-0.39, 0.29) is 21.9 Å². The zero-order valence-electron chi connectivity index (χ0n) is 13.3. The molecule has 0 fully saturated rings. The molecule has 2 aromatic carbocycles. The van der Waals surface area contributed by atoms with Gasteiger partial charge in [-0.2, -0.15) is 0 Å². The molecule has 6 nitrogen and oxygen atoms in total. The van der Waals surface area contributed by atoms with E-state index in [1.165, 1.54) is 18.2 Å². The molecule has 2 rings (SSSR count). The van der Waals surface area contributed by atoms with Crippen molar-refractivity contribution in [3.8, 4) is 0 Å². The molecule has 1 amide bonds. The van der Waals surface area contributed by atoms with E-state index >= 15 is 0 Å². The summed E-state index contributed by atoms with van der Waals surface area (Å²) in [7, 11) is -7.29. The minimum absolute atomic E-state index is 0.0512. The van der Waals surface area contributed by atoms with Gasteiger partial charge in [0.15, 0.2) is 19.7 Å². The smallest absolute Gasteiger partial charge is 0.225 e. The summed E-state index contributed by atoms with van der Waals surface area (Å²) in [6.45, 7) is 0. The number of sulfone groups is 2. The fraction of sp³-hybridized carbons (Fsp3) is 0.188. The maximum Gasteiger partial charge on any atom is 0.225 e. The van der Waals surface area contributed by atoms with Gasteiger partial charge in [-0.3, -0.25) is 4.79 Å². The van der Waals surface area contributed by atoms with E-state index < -0.39 is 37.2 Å². The molecule has 2 aromatic rings. The lowest BCUT2D eigenvalue weighted by Gasteiger charge is -2.10. The van der Waals surface area contributed by atoms with Gasteiger partial charge < -0.3 is 5.32 Å². The van der Waals surface area contributed by atoms with Crippen LogP contribution in [0.25, 0.3) is 0 Å². The second-order valence-corrected chi connectivity index (χ2v) is 9.43. The number of carbonyl (C=O) groups excluding carboxylic acids is 1. The molecule has 1 N–H and O–H groups in total. The maximum absolute atomic E-state index is 12.9. The summed E-state index contributed by atoms with van der Waals surface area (Å²) in [6, 6.07) is 10.1. The van der Waals surface area contributed by atoms with Gasteiger partial charge in [0.05, 0.1) is 21.2 Å². The van der Waals surface area contributed by atoms with Crippen LogP contribution in [-0.4, -0.2) is 34.8 Å². The van der Waals surface area contributed by atoms with Crippen LogP contribution in [0.15, 0.2) is 58.3 Å². The van der Waals surface area contributed by atoms with E-state index in [4.69, 9.17) is 0 Å².